The summed E-state index contributed by atoms with van der Waals surface area (Å²) >= 11 is 0. The van der Waals surface area contributed by atoms with Gasteiger partial charge in [-0.1, -0.05) is 18.2 Å². The van der Waals surface area contributed by atoms with E-state index in [1.54, 1.807) is 24.3 Å². The Morgan fingerprint density at radius 2 is 1.69 bits per heavy atom. The van der Waals surface area contributed by atoms with Crippen LogP contribution >= 0.6 is 0 Å². The molecule has 2 aromatic rings. The van der Waals surface area contributed by atoms with Crippen molar-refractivity contribution in [2.45, 2.75) is 0 Å². The summed E-state index contributed by atoms with van der Waals surface area (Å²) in [5.41, 5.74) is 0.473. The van der Waals surface area contributed by atoms with Crippen molar-refractivity contribution in [3.8, 4) is 5.75 Å². The Balaban J connectivity index is 2.11. The SMILES string of the molecule is O=C(Oc1cc[n+]([O-])cc1)c1ccccc1. The van der Waals surface area contributed by atoms with Gasteiger partial charge in [0.1, 0.15) is 5.75 Å². The highest BCUT2D eigenvalue weighted by Crippen LogP contribution is 2.09. The molecule has 1 heterocycles. The predicted octanol–water partition coefficient (Wildman–Crippen LogP) is 1.54. The van der Waals surface area contributed by atoms with Crippen molar-refractivity contribution in [1.29, 1.82) is 0 Å². The first-order valence-electron chi connectivity index (χ1n) is 4.72. The van der Waals surface area contributed by atoms with E-state index in [1.165, 1.54) is 24.5 Å². The maximum Gasteiger partial charge on any atom is 0.343 e. The highest BCUT2D eigenvalue weighted by Gasteiger charge is 2.07. The van der Waals surface area contributed by atoms with Crippen LogP contribution in [0.25, 0.3) is 0 Å². The number of carbonyl (C=O) groups is 1. The van der Waals surface area contributed by atoms with Crippen LogP contribution in [0.5, 0.6) is 5.75 Å². The molecule has 0 saturated carbocycles. The van der Waals surface area contributed by atoms with Crippen molar-refractivity contribution in [1.82, 2.24) is 0 Å². The molecule has 0 unspecified atom stereocenters. The molecule has 80 valence electrons. The zero-order valence-electron chi connectivity index (χ0n) is 8.37. The zero-order chi connectivity index (χ0) is 11.4. The normalized spacial score (nSPS) is 9.75. The Morgan fingerprint density at radius 3 is 2.31 bits per heavy atom. The minimum Gasteiger partial charge on any atom is -0.619 e. The van der Waals surface area contributed by atoms with Crippen LogP contribution in [-0.2, 0) is 0 Å². The summed E-state index contributed by atoms with van der Waals surface area (Å²) in [6.45, 7) is 0. The van der Waals surface area contributed by atoms with E-state index in [0.29, 0.717) is 16.0 Å². The summed E-state index contributed by atoms with van der Waals surface area (Å²) < 4.78 is 5.69. The van der Waals surface area contributed by atoms with E-state index in [4.69, 9.17) is 4.74 Å². The van der Waals surface area contributed by atoms with Crippen LogP contribution < -0.4 is 9.47 Å². The number of esters is 1. The highest BCUT2D eigenvalue weighted by molar-refractivity contribution is 5.90. The monoisotopic (exact) mass is 215 g/mol. The fourth-order valence-electron chi connectivity index (χ4n) is 1.21. The molecule has 1 aromatic carbocycles. The predicted molar refractivity (Wildman–Crippen MR) is 56.8 cm³/mol. The largest absolute Gasteiger partial charge is 0.619 e. The molecule has 4 nitrogen and oxygen atoms in total. The molecular weight excluding hydrogens is 206 g/mol. The van der Waals surface area contributed by atoms with Crippen molar-refractivity contribution in [2.75, 3.05) is 0 Å². The molecule has 0 radical (unpaired) electrons. The van der Waals surface area contributed by atoms with Gasteiger partial charge in [0.2, 0.25) is 0 Å². The topological polar surface area (TPSA) is 53.2 Å². The first-order valence-corrected chi connectivity index (χ1v) is 4.72. The van der Waals surface area contributed by atoms with Crippen LogP contribution in [0.2, 0.25) is 0 Å². The smallest absolute Gasteiger partial charge is 0.343 e. The van der Waals surface area contributed by atoms with E-state index < -0.39 is 5.97 Å². The van der Waals surface area contributed by atoms with Gasteiger partial charge in [0.25, 0.3) is 0 Å². The summed E-state index contributed by atoms with van der Waals surface area (Å²) in [6, 6.07) is 11.5. The summed E-state index contributed by atoms with van der Waals surface area (Å²) in [5, 5.41) is 10.8. The molecule has 0 amide bonds. The van der Waals surface area contributed by atoms with Crippen molar-refractivity contribution < 1.29 is 14.3 Å². The van der Waals surface area contributed by atoms with Gasteiger partial charge in [0.05, 0.1) is 5.56 Å². The molecule has 0 bridgehead atoms. The number of carbonyl (C=O) groups excluding carboxylic acids is 1. The van der Waals surface area contributed by atoms with Gasteiger partial charge in [-0.2, -0.15) is 4.73 Å². The van der Waals surface area contributed by atoms with Gasteiger partial charge in [0, 0.05) is 12.1 Å². The molecule has 4 heteroatoms. The van der Waals surface area contributed by atoms with E-state index in [2.05, 4.69) is 0 Å². The molecule has 16 heavy (non-hydrogen) atoms. The van der Waals surface area contributed by atoms with Crippen LogP contribution in [0.3, 0.4) is 0 Å². The zero-order valence-corrected chi connectivity index (χ0v) is 8.37. The second kappa shape index (κ2) is 4.44. The molecule has 0 saturated heterocycles. The third-order valence-electron chi connectivity index (χ3n) is 1.99. The molecule has 0 aliphatic carbocycles. The van der Waals surface area contributed by atoms with Gasteiger partial charge in [-0.15, -0.1) is 0 Å². The van der Waals surface area contributed by atoms with Gasteiger partial charge in [0.15, 0.2) is 12.4 Å². The fraction of sp³-hybridized carbons (Fsp3) is 0. The first-order chi connectivity index (χ1) is 7.75. The Labute approximate surface area is 92.3 Å². The van der Waals surface area contributed by atoms with Crippen LogP contribution in [0.4, 0.5) is 0 Å². The molecule has 1 aromatic heterocycles. The minimum absolute atomic E-state index is 0.348. The van der Waals surface area contributed by atoms with Gasteiger partial charge in [-0.3, -0.25) is 0 Å². The van der Waals surface area contributed by atoms with Gasteiger partial charge >= 0.3 is 5.97 Å². The van der Waals surface area contributed by atoms with Gasteiger partial charge < -0.3 is 9.94 Å². The van der Waals surface area contributed by atoms with E-state index in [0.717, 1.165) is 0 Å². The lowest BCUT2D eigenvalue weighted by Crippen LogP contribution is -2.23. The maximum absolute atomic E-state index is 11.6. The minimum atomic E-state index is -0.441. The number of hydrogen-bond acceptors (Lipinski definition) is 3. The number of rotatable bonds is 2. The third-order valence-corrected chi connectivity index (χ3v) is 1.99. The van der Waals surface area contributed by atoms with Crippen molar-refractivity contribution in [3.05, 3.63) is 65.6 Å². The highest BCUT2D eigenvalue weighted by atomic mass is 16.5. The van der Waals surface area contributed by atoms with Crippen LogP contribution in [-0.4, -0.2) is 5.97 Å². The lowest BCUT2D eigenvalue weighted by Gasteiger charge is -2.03. The Bertz CT molecular complexity index is 479. The second-order valence-electron chi connectivity index (χ2n) is 3.15. The van der Waals surface area contributed by atoms with Crippen LogP contribution in [0, 0.1) is 5.21 Å². The molecule has 0 spiro atoms. The van der Waals surface area contributed by atoms with E-state index in [1.807, 2.05) is 6.07 Å². The van der Waals surface area contributed by atoms with E-state index in [9.17, 15) is 10.0 Å². The number of ether oxygens (including phenoxy) is 1. The molecule has 0 N–H and O–H groups in total. The average molecular weight is 215 g/mol. The van der Waals surface area contributed by atoms with Gasteiger partial charge in [-0.25, -0.2) is 4.79 Å². The maximum atomic E-state index is 11.6. The number of benzene rings is 1. The van der Waals surface area contributed by atoms with E-state index >= 15 is 0 Å². The van der Waals surface area contributed by atoms with E-state index in [-0.39, 0.29) is 0 Å². The standard InChI is InChI=1S/C12H9NO3/c14-12(10-4-2-1-3-5-10)16-11-6-8-13(15)9-7-11/h1-9H. The molecule has 0 atom stereocenters. The number of pyridine rings is 1. The summed E-state index contributed by atoms with van der Waals surface area (Å²) in [5.74, 6) is -0.0924. The molecule has 0 aliphatic heterocycles. The molecular formula is C12H9NO3. The first kappa shape index (κ1) is 10.2. The molecule has 2 rings (SSSR count). The fourth-order valence-corrected chi connectivity index (χ4v) is 1.21. The Morgan fingerprint density at radius 1 is 1.06 bits per heavy atom. The average Bonchev–Trinajstić information content (AvgIpc) is 2.33. The number of hydrogen-bond donors (Lipinski definition) is 0. The summed E-state index contributed by atoms with van der Waals surface area (Å²) in [4.78, 5) is 11.6. The molecule has 0 fully saturated rings. The third kappa shape index (κ3) is 2.36. The second-order valence-corrected chi connectivity index (χ2v) is 3.15. The quantitative estimate of drug-likeness (QED) is 0.433. The lowest BCUT2D eigenvalue weighted by molar-refractivity contribution is -0.605. The summed E-state index contributed by atoms with van der Waals surface area (Å²) in [6.07, 6.45) is 2.54. The van der Waals surface area contributed by atoms with Crippen molar-refractivity contribution in [2.24, 2.45) is 0 Å². The Hall–Kier alpha value is -2.36. The molecule has 0 aliphatic rings. The van der Waals surface area contributed by atoms with Crippen LogP contribution in [0.15, 0.2) is 54.9 Å². The number of aromatic nitrogens is 1. The van der Waals surface area contributed by atoms with Crippen molar-refractivity contribution >= 4 is 5.97 Å². The van der Waals surface area contributed by atoms with Crippen LogP contribution in [0.1, 0.15) is 10.4 Å². The Kier molecular flexibility index (Phi) is 2.82. The van der Waals surface area contributed by atoms with Crippen molar-refractivity contribution in [3.63, 3.8) is 0 Å². The lowest BCUT2D eigenvalue weighted by atomic mass is 10.2. The number of nitrogens with zero attached hydrogens (tertiary/aromatic N) is 1. The summed E-state index contributed by atoms with van der Waals surface area (Å²) in [7, 11) is 0. The van der Waals surface area contributed by atoms with Gasteiger partial charge in [-0.05, 0) is 12.1 Å².